The number of carbonyl (C=O) groups excluding carboxylic acids is 2. The van der Waals surface area contributed by atoms with E-state index in [1.165, 1.54) is 0 Å². The van der Waals surface area contributed by atoms with Crippen LogP contribution in [0.1, 0.15) is 29.8 Å². The first-order chi connectivity index (χ1) is 14.5. The van der Waals surface area contributed by atoms with Crippen molar-refractivity contribution >= 4 is 33.8 Å². The van der Waals surface area contributed by atoms with Crippen LogP contribution < -0.4 is 10.6 Å². The first-order valence-electron chi connectivity index (χ1n) is 10.0. The summed E-state index contributed by atoms with van der Waals surface area (Å²) >= 11 is 0. The highest BCUT2D eigenvalue weighted by Crippen LogP contribution is 2.19. The summed E-state index contributed by atoms with van der Waals surface area (Å²) in [4.78, 5) is 25.7. The molecule has 154 valence electrons. The molecule has 4 rings (SSSR count). The molecule has 1 atom stereocenters. The third kappa shape index (κ3) is 4.38. The molecule has 0 saturated heterocycles. The van der Waals surface area contributed by atoms with Gasteiger partial charge in [0.2, 0.25) is 5.91 Å². The van der Waals surface area contributed by atoms with E-state index in [2.05, 4.69) is 10.6 Å². The molecule has 0 aliphatic heterocycles. The first-order valence-corrected chi connectivity index (χ1v) is 10.0. The summed E-state index contributed by atoms with van der Waals surface area (Å²) in [7, 11) is 0. The van der Waals surface area contributed by atoms with E-state index in [1.54, 1.807) is 36.8 Å². The lowest BCUT2D eigenvalue weighted by atomic mass is 10.0. The summed E-state index contributed by atoms with van der Waals surface area (Å²) < 4.78 is 10.7. The molecule has 30 heavy (non-hydrogen) atoms. The van der Waals surface area contributed by atoms with Crippen LogP contribution in [-0.4, -0.2) is 24.4 Å². The highest BCUT2D eigenvalue weighted by molar-refractivity contribution is 6.00. The summed E-state index contributed by atoms with van der Waals surface area (Å²) in [5, 5.41) is 7.63. The van der Waals surface area contributed by atoms with Crippen molar-refractivity contribution in [1.29, 1.82) is 0 Å². The Bertz CT molecular complexity index is 1190. The zero-order valence-corrected chi connectivity index (χ0v) is 17.0. The van der Waals surface area contributed by atoms with E-state index in [0.29, 0.717) is 30.0 Å². The molecule has 0 spiro atoms. The van der Waals surface area contributed by atoms with Crippen LogP contribution in [0.3, 0.4) is 0 Å². The average molecular weight is 404 g/mol. The SMILES string of the molecule is CC(C)CNC(=O)[C@@H](Cc1ccc2occc2c1)NC(=O)c1ccc2occc2c1. The molecule has 6 nitrogen and oxygen atoms in total. The van der Waals surface area contributed by atoms with Gasteiger partial charge in [0.25, 0.3) is 5.91 Å². The summed E-state index contributed by atoms with van der Waals surface area (Å²) in [6.07, 6.45) is 3.60. The molecule has 6 heteroatoms. The number of rotatable bonds is 7. The lowest BCUT2D eigenvalue weighted by Gasteiger charge is -2.19. The van der Waals surface area contributed by atoms with Gasteiger partial charge in [-0.2, -0.15) is 0 Å². The minimum absolute atomic E-state index is 0.200. The predicted molar refractivity (Wildman–Crippen MR) is 115 cm³/mol. The van der Waals surface area contributed by atoms with Crippen molar-refractivity contribution in [3.05, 3.63) is 72.2 Å². The number of nitrogens with one attached hydrogen (secondary N) is 2. The highest BCUT2D eigenvalue weighted by atomic mass is 16.3. The van der Waals surface area contributed by atoms with E-state index in [9.17, 15) is 9.59 Å². The fourth-order valence-electron chi connectivity index (χ4n) is 3.37. The number of hydrogen-bond donors (Lipinski definition) is 2. The lowest BCUT2D eigenvalue weighted by molar-refractivity contribution is -0.123. The largest absolute Gasteiger partial charge is 0.464 e. The first kappa shape index (κ1) is 19.8. The Morgan fingerprint density at radius 3 is 2.27 bits per heavy atom. The molecule has 0 radical (unpaired) electrons. The van der Waals surface area contributed by atoms with Gasteiger partial charge in [-0.05, 0) is 53.9 Å². The second-order valence-electron chi connectivity index (χ2n) is 7.84. The average Bonchev–Trinajstić information content (AvgIpc) is 3.39. The monoisotopic (exact) mass is 404 g/mol. The van der Waals surface area contributed by atoms with Crippen LogP contribution in [0.15, 0.2) is 69.9 Å². The Kier molecular flexibility index (Phi) is 5.57. The molecule has 0 saturated carbocycles. The Morgan fingerprint density at radius 1 is 0.900 bits per heavy atom. The van der Waals surface area contributed by atoms with E-state index in [0.717, 1.165) is 21.9 Å². The number of amides is 2. The van der Waals surface area contributed by atoms with Gasteiger partial charge in [0, 0.05) is 29.3 Å². The van der Waals surface area contributed by atoms with Crippen LogP contribution in [0, 0.1) is 5.92 Å². The minimum Gasteiger partial charge on any atom is -0.464 e. The molecule has 0 fully saturated rings. The van der Waals surface area contributed by atoms with E-state index in [1.807, 2.05) is 38.1 Å². The summed E-state index contributed by atoms with van der Waals surface area (Å²) in [6, 6.07) is 14.0. The van der Waals surface area contributed by atoms with Crippen molar-refractivity contribution in [1.82, 2.24) is 10.6 Å². The van der Waals surface area contributed by atoms with E-state index in [-0.39, 0.29) is 11.8 Å². The molecule has 0 bridgehead atoms. The van der Waals surface area contributed by atoms with Crippen LogP contribution in [0.5, 0.6) is 0 Å². The Labute approximate surface area is 174 Å². The van der Waals surface area contributed by atoms with E-state index < -0.39 is 6.04 Å². The number of fused-ring (bicyclic) bond motifs is 2. The predicted octanol–water partition coefficient (Wildman–Crippen LogP) is 4.29. The van der Waals surface area contributed by atoms with Crippen molar-refractivity contribution in [3.8, 4) is 0 Å². The topological polar surface area (TPSA) is 84.5 Å². The second kappa shape index (κ2) is 8.45. The fraction of sp³-hybridized carbons (Fsp3) is 0.250. The molecule has 0 aliphatic carbocycles. The number of furan rings is 2. The fourth-order valence-corrected chi connectivity index (χ4v) is 3.37. The molecule has 0 aliphatic rings. The summed E-state index contributed by atoms with van der Waals surface area (Å²) in [5.74, 6) is -0.183. The van der Waals surface area contributed by atoms with Gasteiger partial charge in [-0.3, -0.25) is 9.59 Å². The smallest absolute Gasteiger partial charge is 0.251 e. The van der Waals surface area contributed by atoms with Crippen molar-refractivity contribution in [2.24, 2.45) is 5.92 Å². The lowest BCUT2D eigenvalue weighted by Crippen LogP contribution is -2.48. The maximum absolute atomic E-state index is 12.9. The minimum atomic E-state index is -0.694. The van der Waals surface area contributed by atoms with Gasteiger partial charge in [0.1, 0.15) is 17.2 Å². The second-order valence-corrected chi connectivity index (χ2v) is 7.84. The maximum Gasteiger partial charge on any atom is 0.251 e. The van der Waals surface area contributed by atoms with Gasteiger partial charge in [-0.1, -0.05) is 19.9 Å². The van der Waals surface area contributed by atoms with Crippen LogP contribution in [-0.2, 0) is 11.2 Å². The third-order valence-electron chi connectivity index (χ3n) is 4.98. The zero-order chi connectivity index (χ0) is 21.1. The zero-order valence-electron chi connectivity index (χ0n) is 17.0. The summed E-state index contributed by atoms with van der Waals surface area (Å²) in [5.41, 5.74) is 2.93. The van der Waals surface area contributed by atoms with Crippen molar-refractivity contribution < 1.29 is 18.4 Å². The van der Waals surface area contributed by atoms with Crippen molar-refractivity contribution in [2.75, 3.05) is 6.54 Å². The quantitative estimate of drug-likeness (QED) is 0.481. The van der Waals surface area contributed by atoms with Gasteiger partial charge >= 0.3 is 0 Å². The molecular weight excluding hydrogens is 380 g/mol. The van der Waals surface area contributed by atoms with E-state index in [4.69, 9.17) is 8.83 Å². The van der Waals surface area contributed by atoms with Gasteiger partial charge in [-0.25, -0.2) is 0 Å². The molecule has 0 unspecified atom stereocenters. The molecule has 2 heterocycles. The number of benzene rings is 2. The third-order valence-corrected chi connectivity index (χ3v) is 4.98. The Morgan fingerprint density at radius 2 is 1.57 bits per heavy atom. The van der Waals surface area contributed by atoms with Crippen LogP contribution >= 0.6 is 0 Å². The highest BCUT2D eigenvalue weighted by Gasteiger charge is 2.22. The van der Waals surface area contributed by atoms with Crippen LogP contribution in [0.25, 0.3) is 21.9 Å². The molecule has 2 amide bonds. The molecular formula is C24H24N2O4. The van der Waals surface area contributed by atoms with Gasteiger partial charge in [0.05, 0.1) is 12.5 Å². The Balaban J connectivity index is 1.55. The van der Waals surface area contributed by atoms with Crippen molar-refractivity contribution in [2.45, 2.75) is 26.3 Å². The van der Waals surface area contributed by atoms with E-state index >= 15 is 0 Å². The van der Waals surface area contributed by atoms with Crippen LogP contribution in [0.4, 0.5) is 0 Å². The van der Waals surface area contributed by atoms with Gasteiger partial charge < -0.3 is 19.5 Å². The standard InChI is InChI=1S/C24H24N2O4/c1-15(2)14-25-24(28)20(12-16-3-5-21-17(11-16)7-9-29-21)26-23(27)19-4-6-22-18(13-19)8-10-30-22/h3-11,13,15,20H,12,14H2,1-2H3,(H,25,28)(H,26,27)/t20-/m1/s1. The van der Waals surface area contributed by atoms with Gasteiger partial charge in [-0.15, -0.1) is 0 Å². The summed E-state index contributed by atoms with van der Waals surface area (Å²) in [6.45, 7) is 4.61. The maximum atomic E-state index is 12.9. The molecule has 2 aromatic heterocycles. The van der Waals surface area contributed by atoms with Crippen LogP contribution in [0.2, 0.25) is 0 Å². The Hall–Kier alpha value is -3.54. The van der Waals surface area contributed by atoms with Gasteiger partial charge in [0.15, 0.2) is 0 Å². The van der Waals surface area contributed by atoms with Crippen molar-refractivity contribution in [3.63, 3.8) is 0 Å². The number of hydrogen-bond acceptors (Lipinski definition) is 4. The number of carbonyl (C=O) groups is 2. The molecule has 4 aromatic rings. The normalized spacial score (nSPS) is 12.4. The molecule has 2 aromatic carbocycles. The molecule has 2 N–H and O–H groups in total.